The molecule has 0 aromatic heterocycles. The molecule has 0 rings (SSSR count). The monoisotopic (exact) mass is 399 g/mol. The van der Waals surface area contributed by atoms with E-state index < -0.39 is 35.9 Å². The van der Waals surface area contributed by atoms with Crippen molar-refractivity contribution >= 4 is 29.5 Å². The number of hydrogen-bond acceptors (Lipinski definition) is 5. The summed E-state index contributed by atoms with van der Waals surface area (Å²) >= 11 is 0. The summed E-state index contributed by atoms with van der Waals surface area (Å²) in [5.74, 6) is -2.95. The number of carbonyl (C=O) groups excluding carboxylic acids is 4. The molecule has 0 radical (unpaired) electrons. The van der Waals surface area contributed by atoms with Gasteiger partial charge in [0, 0.05) is 18.8 Å². The van der Waals surface area contributed by atoms with Crippen LogP contribution in [-0.4, -0.2) is 52.7 Å². The molecule has 0 heterocycles. The zero-order valence-corrected chi connectivity index (χ0v) is 17.5. The smallest absolute Gasteiger partial charge is 0.303 e. The Morgan fingerprint density at radius 3 is 1.79 bits per heavy atom. The fourth-order valence-electron chi connectivity index (χ4n) is 2.45. The van der Waals surface area contributed by atoms with Crippen LogP contribution in [0.3, 0.4) is 0 Å². The van der Waals surface area contributed by atoms with Crippen molar-refractivity contribution in [3.05, 3.63) is 0 Å². The molecule has 160 valence electrons. The van der Waals surface area contributed by atoms with Crippen molar-refractivity contribution in [3.63, 3.8) is 0 Å². The maximum Gasteiger partial charge on any atom is 0.303 e. The summed E-state index contributed by atoms with van der Waals surface area (Å²) in [7, 11) is 0. The molecule has 0 aromatic carbocycles. The van der Waals surface area contributed by atoms with Gasteiger partial charge in [-0.05, 0) is 26.2 Å². The standard InChI is InChI=1S/C19H33N3O6/c1-10(2)9-15(23)22-14(7-8-16(24)25)19(28)21-13(6)18(27)20-12(5)17(26)11(3)4/h10-14H,7-9H2,1-6H3,(H,20,27)(H,21,28)(H,22,23)(H,24,25)/t12-,13-,14-/m0/s1. The van der Waals surface area contributed by atoms with Crippen molar-refractivity contribution in [3.8, 4) is 0 Å². The highest BCUT2D eigenvalue weighted by atomic mass is 16.4. The van der Waals surface area contributed by atoms with Crippen LogP contribution in [0.25, 0.3) is 0 Å². The fraction of sp³-hybridized carbons (Fsp3) is 0.737. The Kier molecular flexibility index (Phi) is 11.0. The Balaban J connectivity index is 4.92. The Labute approximate surface area is 166 Å². The Hall–Kier alpha value is -2.45. The molecule has 9 heteroatoms. The van der Waals surface area contributed by atoms with Crippen molar-refractivity contribution in [1.82, 2.24) is 16.0 Å². The number of carboxylic acid groups (broad SMARTS) is 1. The zero-order chi connectivity index (χ0) is 22.0. The maximum atomic E-state index is 12.5. The lowest BCUT2D eigenvalue weighted by molar-refractivity contribution is -0.138. The van der Waals surface area contributed by atoms with Gasteiger partial charge in [-0.15, -0.1) is 0 Å². The minimum atomic E-state index is -1.09. The average Bonchev–Trinajstić information content (AvgIpc) is 2.56. The summed E-state index contributed by atoms with van der Waals surface area (Å²) in [6.07, 6.45) is -0.205. The van der Waals surface area contributed by atoms with Crippen molar-refractivity contribution in [2.75, 3.05) is 0 Å². The Bertz CT molecular complexity index is 588. The van der Waals surface area contributed by atoms with Gasteiger partial charge in [0.25, 0.3) is 0 Å². The average molecular weight is 399 g/mol. The normalized spacial score (nSPS) is 14.1. The molecule has 3 atom stereocenters. The van der Waals surface area contributed by atoms with E-state index in [0.29, 0.717) is 0 Å². The number of carbonyl (C=O) groups is 5. The van der Waals surface area contributed by atoms with Crippen LogP contribution >= 0.6 is 0 Å². The molecule has 0 spiro atoms. The first-order valence-electron chi connectivity index (χ1n) is 9.50. The molecule has 0 saturated carbocycles. The molecule has 0 aliphatic rings. The number of carboxylic acids is 1. The molecular weight excluding hydrogens is 366 g/mol. The molecule has 0 saturated heterocycles. The predicted molar refractivity (Wildman–Crippen MR) is 103 cm³/mol. The van der Waals surface area contributed by atoms with E-state index in [1.807, 2.05) is 13.8 Å². The van der Waals surface area contributed by atoms with Crippen LogP contribution < -0.4 is 16.0 Å². The van der Waals surface area contributed by atoms with Crippen LogP contribution in [-0.2, 0) is 24.0 Å². The molecule has 0 aromatic rings. The number of Topliss-reactive ketones (excluding diaryl/α,β-unsaturated/α-hetero) is 1. The Morgan fingerprint density at radius 2 is 1.32 bits per heavy atom. The van der Waals surface area contributed by atoms with Gasteiger partial charge in [0.2, 0.25) is 17.7 Å². The van der Waals surface area contributed by atoms with Crippen LogP contribution in [0.4, 0.5) is 0 Å². The van der Waals surface area contributed by atoms with Crippen molar-refractivity contribution in [1.29, 1.82) is 0 Å². The first-order chi connectivity index (χ1) is 12.8. The lowest BCUT2D eigenvalue weighted by atomic mass is 10.0. The predicted octanol–water partition coefficient (Wildman–Crippen LogP) is 0.617. The number of amides is 3. The summed E-state index contributed by atoms with van der Waals surface area (Å²) in [5.41, 5.74) is 0. The molecule has 0 fully saturated rings. The molecular formula is C19H33N3O6. The van der Waals surface area contributed by atoms with Crippen LogP contribution in [0.5, 0.6) is 0 Å². The van der Waals surface area contributed by atoms with Crippen LogP contribution in [0.1, 0.15) is 60.8 Å². The SMILES string of the molecule is CC(C)CC(=O)N[C@@H](CCC(=O)O)C(=O)N[C@@H](C)C(=O)N[C@@H](C)C(=O)C(C)C. The lowest BCUT2D eigenvalue weighted by Crippen LogP contribution is -2.54. The van der Waals surface area contributed by atoms with Gasteiger partial charge in [0.1, 0.15) is 12.1 Å². The quantitative estimate of drug-likeness (QED) is 0.379. The molecule has 0 aliphatic carbocycles. The molecule has 4 N–H and O–H groups in total. The summed E-state index contributed by atoms with van der Waals surface area (Å²) in [4.78, 5) is 59.3. The van der Waals surface area contributed by atoms with Gasteiger partial charge >= 0.3 is 5.97 Å². The zero-order valence-electron chi connectivity index (χ0n) is 17.5. The van der Waals surface area contributed by atoms with Gasteiger partial charge in [0.15, 0.2) is 5.78 Å². The highest BCUT2D eigenvalue weighted by Gasteiger charge is 2.27. The minimum Gasteiger partial charge on any atom is -0.481 e. The molecule has 28 heavy (non-hydrogen) atoms. The summed E-state index contributed by atoms with van der Waals surface area (Å²) in [5, 5.41) is 16.4. The number of hydrogen-bond donors (Lipinski definition) is 4. The first-order valence-corrected chi connectivity index (χ1v) is 9.50. The third-order valence-corrected chi connectivity index (χ3v) is 4.00. The van der Waals surface area contributed by atoms with Crippen molar-refractivity contribution in [2.45, 2.75) is 78.9 Å². The van der Waals surface area contributed by atoms with E-state index in [9.17, 15) is 24.0 Å². The first kappa shape index (κ1) is 25.6. The van der Waals surface area contributed by atoms with Gasteiger partial charge in [-0.25, -0.2) is 0 Å². The molecule has 0 aliphatic heterocycles. The summed E-state index contributed by atoms with van der Waals surface area (Å²) in [6.45, 7) is 10.2. The van der Waals surface area contributed by atoms with Crippen LogP contribution in [0.2, 0.25) is 0 Å². The van der Waals surface area contributed by atoms with Gasteiger partial charge in [0.05, 0.1) is 6.04 Å². The lowest BCUT2D eigenvalue weighted by Gasteiger charge is -2.22. The van der Waals surface area contributed by atoms with E-state index in [-0.39, 0.29) is 42.8 Å². The largest absolute Gasteiger partial charge is 0.481 e. The molecule has 0 bridgehead atoms. The van der Waals surface area contributed by atoms with E-state index in [4.69, 9.17) is 5.11 Å². The molecule has 3 amide bonds. The number of nitrogens with one attached hydrogen (secondary N) is 3. The topological polar surface area (TPSA) is 142 Å². The Morgan fingerprint density at radius 1 is 0.786 bits per heavy atom. The van der Waals surface area contributed by atoms with Crippen LogP contribution in [0, 0.1) is 11.8 Å². The minimum absolute atomic E-state index is 0.0767. The summed E-state index contributed by atoms with van der Waals surface area (Å²) in [6, 6.07) is -2.71. The second-order valence-corrected chi connectivity index (χ2v) is 7.67. The second kappa shape index (κ2) is 12.1. The number of aliphatic carboxylic acids is 1. The molecule has 0 unspecified atom stereocenters. The van der Waals surface area contributed by atoms with E-state index in [1.54, 1.807) is 20.8 Å². The van der Waals surface area contributed by atoms with Gasteiger partial charge < -0.3 is 21.1 Å². The van der Waals surface area contributed by atoms with E-state index in [1.165, 1.54) is 6.92 Å². The summed E-state index contributed by atoms with van der Waals surface area (Å²) < 4.78 is 0. The van der Waals surface area contributed by atoms with E-state index in [2.05, 4.69) is 16.0 Å². The second-order valence-electron chi connectivity index (χ2n) is 7.67. The van der Waals surface area contributed by atoms with Gasteiger partial charge in [-0.2, -0.15) is 0 Å². The maximum absolute atomic E-state index is 12.5. The van der Waals surface area contributed by atoms with E-state index >= 15 is 0 Å². The highest BCUT2D eigenvalue weighted by molar-refractivity contribution is 5.94. The fourth-order valence-corrected chi connectivity index (χ4v) is 2.45. The van der Waals surface area contributed by atoms with Gasteiger partial charge in [-0.1, -0.05) is 27.7 Å². The third-order valence-electron chi connectivity index (χ3n) is 4.00. The van der Waals surface area contributed by atoms with Crippen LogP contribution in [0.15, 0.2) is 0 Å². The number of ketones is 1. The third kappa shape index (κ3) is 10.0. The van der Waals surface area contributed by atoms with Gasteiger partial charge in [-0.3, -0.25) is 24.0 Å². The van der Waals surface area contributed by atoms with Crippen molar-refractivity contribution in [2.24, 2.45) is 11.8 Å². The van der Waals surface area contributed by atoms with E-state index in [0.717, 1.165) is 0 Å². The highest BCUT2D eigenvalue weighted by Crippen LogP contribution is 2.04. The number of rotatable bonds is 12. The molecule has 9 nitrogen and oxygen atoms in total. The van der Waals surface area contributed by atoms with Crippen molar-refractivity contribution < 1.29 is 29.1 Å².